The molecule has 0 aliphatic rings. The SMILES string of the molecule is CC(C)CSC(=Nc1ccc(Cl)cc1Cl)c1cccnc1. The summed E-state index contributed by atoms with van der Waals surface area (Å²) >= 11 is 13.8. The molecule has 1 aromatic heterocycles. The van der Waals surface area contributed by atoms with Gasteiger partial charge in [0.2, 0.25) is 0 Å². The summed E-state index contributed by atoms with van der Waals surface area (Å²) in [6, 6.07) is 9.24. The number of thioether (sulfide) groups is 1. The van der Waals surface area contributed by atoms with E-state index >= 15 is 0 Å². The van der Waals surface area contributed by atoms with Crippen LogP contribution in [0.25, 0.3) is 0 Å². The van der Waals surface area contributed by atoms with E-state index in [4.69, 9.17) is 28.2 Å². The Morgan fingerprint density at radius 3 is 2.71 bits per heavy atom. The highest BCUT2D eigenvalue weighted by molar-refractivity contribution is 8.14. The van der Waals surface area contributed by atoms with Gasteiger partial charge in [0.25, 0.3) is 0 Å². The van der Waals surface area contributed by atoms with Crippen LogP contribution in [0.1, 0.15) is 19.4 Å². The van der Waals surface area contributed by atoms with Crippen molar-refractivity contribution >= 4 is 45.7 Å². The van der Waals surface area contributed by atoms with Crippen molar-refractivity contribution in [2.24, 2.45) is 10.9 Å². The second kappa shape index (κ2) is 7.83. The molecule has 2 nitrogen and oxygen atoms in total. The monoisotopic (exact) mass is 338 g/mol. The molecule has 1 aromatic carbocycles. The lowest BCUT2D eigenvalue weighted by Gasteiger charge is -2.09. The Bertz CT molecular complexity index is 627. The molecule has 5 heteroatoms. The molecular formula is C16H16Cl2N2S. The van der Waals surface area contributed by atoms with Crippen molar-refractivity contribution in [1.82, 2.24) is 4.98 Å². The van der Waals surface area contributed by atoms with Crippen LogP contribution in [0.4, 0.5) is 5.69 Å². The zero-order chi connectivity index (χ0) is 15.2. The first-order chi connectivity index (χ1) is 10.1. The minimum atomic E-state index is 0.550. The van der Waals surface area contributed by atoms with Crippen LogP contribution in [0.3, 0.4) is 0 Å². The number of aromatic nitrogens is 1. The topological polar surface area (TPSA) is 25.2 Å². The Morgan fingerprint density at radius 1 is 1.29 bits per heavy atom. The van der Waals surface area contributed by atoms with E-state index in [0.29, 0.717) is 16.0 Å². The first-order valence-electron chi connectivity index (χ1n) is 6.63. The summed E-state index contributed by atoms with van der Waals surface area (Å²) in [5, 5.41) is 2.08. The highest BCUT2D eigenvalue weighted by atomic mass is 35.5. The van der Waals surface area contributed by atoms with Crippen molar-refractivity contribution in [2.45, 2.75) is 13.8 Å². The Kier molecular flexibility index (Phi) is 6.09. The second-order valence-corrected chi connectivity index (χ2v) is 6.81. The second-order valence-electron chi connectivity index (χ2n) is 4.96. The zero-order valence-electron chi connectivity index (χ0n) is 11.9. The standard InChI is InChI=1S/C16H16Cl2N2S/c1-11(2)10-21-16(12-4-3-7-19-9-12)20-15-6-5-13(17)8-14(15)18/h3-9,11H,10H2,1-2H3. The molecule has 0 saturated carbocycles. The molecule has 2 rings (SSSR count). The zero-order valence-corrected chi connectivity index (χ0v) is 14.2. The Hall–Kier alpha value is -1.03. The van der Waals surface area contributed by atoms with Gasteiger partial charge in [-0.1, -0.05) is 37.0 Å². The number of halogens is 2. The molecule has 0 aliphatic carbocycles. The largest absolute Gasteiger partial charge is 0.264 e. The molecule has 0 radical (unpaired) electrons. The highest BCUT2D eigenvalue weighted by Crippen LogP contribution is 2.30. The van der Waals surface area contributed by atoms with Crippen molar-refractivity contribution in [3.05, 3.63) is 58.3 Å². The molecule has 0 unspecified atom stereocenters. The van der Waals surface area contributed by atoms with Crippen molar-refractivity contribution < 1.29 is 0 Å². The number of nitrogens with zero attached hydrogens (tertiary/aromatic N) is 2. The van der Waals surface area contributed by atoms with Crippen LogP contribution in [-0.4, -0.2) is 15.8 Å². The molecule has 0 saturated heterocycles. The maximum atomic E-state index is 6.21. The third-order valence-electron chi connectivity index (χ3n) is 2.59. The number of hydrogen-bond acceptors (Lipinski definition) is 3. The van der Waals surface area contributed by atoms with Gasteiger partial charge in [0.05, 0.1) is 10.7 Å². The summed E-state index contributed by atoms with van der Waals surface area (Å²) in [6.45, 7) is 4.37. The fourth-order valence-corrected chi connectivity index (χ4v) is 2.99. The van der Waals surface area contributed by atoms with Crippen LogP contribution < -0.4 is 0 Å². The Balaban J connectivity index is 2.36. The number of rotatable bonds is 4. The lowest BCUT2D eigenvalue weighted by Crippen LogP contribution is -2.01. The maximum Gasteiger partial charge on any atom is 0.106 e. The van der Waals surface area contributed by atoms with E-state index in [1.807, 2.05) is 24.4 Å². The van der Waals surface area contributed by atoms with Crippen molar-refractivity contribution in [2.75, 3.05) is 5.75 Å². The molecule has 0 fully saturated rings. The number of hydrogen-bond donors (Lipinski definition) is 0. The van der Waals surface area contributed by atoms with Gasteiger partial charge in [-0.05, 0) is 36.2 Å². The average Bonchev–Trinajstić information content (AvgIpc) is 2.46. The van der Waals surface area contributed by atoms with Gasteiger partial charge in [0.15, 0.2) is 0 Å². The molecule has 21 heavy (non-hydrogen) atoms. The lowest BCUT2D eigenvalue weighted by molar-refractivity contribution is 0.752. The Morgan fingerprint density at radius 2 is 2.10 bits per heavy atom. The predicted molar refractivity (Wildman–Crippen MR) is 94.2 cm³/mol. The summed E-state index contributed by atoms with van der Waals surface area (Å²) in [4.78, 5) is 8.85. The number of aliphatic imine (C=N–C) groups is 1. The van der Waals surface area contributed by atoms with Crippen LogP contribution in [0.2, 0.25) is 10.0 Å². The van der Waals surface area contributed by atoms with Crippen LogP contribution >= 0.6 is 35.0 Å². The molecular weight excluding hydrogens is 323 g/mol. The van der Waals surface area contributed by atoms with E-state index in [-0.39, 0.29) is 0 Å². The van der Waals surface area contributed by atoms with Gasteiger partial charge < -0.3 is 0 Å². The van der Waals surface area contributed by atoms with Crippen LogP contribution in [-0.2, 0) is 0 Å². The maximum absolute atomic E-state index is 6.21. The van der Waals surface area contributed by atoms with Crippen molar-refractivity contribution in [1.29, 1.82) is 0 Å². The number of pyridine rings is 1. The number of benzene rings is 1. The van der Waals surface area contributed by atoms with E-state index in [1.165, 1.54) is 0 Å². The minimum Gasteiger partial charge on any atom is -0.264 e. The summed E-state index contributed by atoms with van der Waals surface area (Å²) in [6.07, 6.45) is 3.57. The van der Waals surface area contributed by atoms with E-state index in [0.717, 1.165) is 22.0 Å². The molecule has 0 aliphatic heterocycles. The van der Waals surface area contributed by atoms with E-state index in [1.54, 1.807) is 30.1 Å². The van der Waals surface area contributed by atoms with Gasteiger partial charge in [-0.2, -0.15) is 0 Å². The minimum absolute atomic E-state index is 0.550. The molecule has 2 aromatic rings. The normalized spacial score (nSPS) is 12.0. The van der Waals surface area contributed by atoms with Gasteiger partial charge in [0.1, 0.15) is 5.04 Å². The first kappa shape index (κ1) is 16.3. The Labute approximate surface area is 139 Å². The average molecular weight is 339 g/mol. The van der Waals surface area contributed by atoms with E-state index in [2.05, 4.69) is 18.8 Å². The third-order valence-corrected chi connectivity index (χ3v) is 4.57. The van der Waals surface area contributed by atoms with E-state index in [9.17, 15) is 0 Å². The summed E-state index contributed by atoms with van der Waals surface area (Å²) in [5.41, 5.74) is 1.71. The first-order valence-corrected chi connectivity index (χ1v) is 8.37. The molecule has 0 bridgehead atoms. The van der Waals surface area contributed by atoms with Gasteiger partial charge >= 0.3 is 0 Å². The van der Waals surface area contributed by atoms with Crippen LogP contribution in [0, 0.1) is 5.92 Å². The van der Waals surface area contributed by atoms with Gasteiger partial charge in [0, 0.05) is 28.7 Å². The lowest BCUT2D eigenvalue weighted by atomic mass is 10.3. The summed E-state index contributed by atoms with van der Waals surface area (Å²) < 4.78 is 0. The van der Waals surface area contributed by atoms with Crippen molar-refractivity contribution in [3.63, 3.8) is 0 Å². The van der Waals surface area contributed by atoms with Gasteiger partial charge in [-0.3, -0.25) is 4.98 Å². The van der Waals surface area contributed by atoms with Gasteiger partial charge in [-0.25, -0.2) is 4.99 Å². The fourth-order valence-electron chi connectivity index (χ4n) is 1.60. The molecule has 0 atom stereocenters. The summed E-state index contributed by atoms with van der Waals surface area (Å²) in [5.74, 6) is 1.57. The van der Waals surface area contributed by atoms with E-state index < -0.39 is 0 Å². The predicted octanol–water partition coefficient (Wildman–Crippen LogP) is 5.86. The molecule has 0 spiro atoms. The molecule has 0 amide bonds. The highest BCUT2D eigenvalue weighted by Gasteiger charge is 2.08. The molecule has 1 heterocycles. The third kappa shape index (κ3) is 5.03. The smallest absolute Gasteiger partial charge is 0.106 e. The molecule has 110 valence electrons. The summed E-state index contributed by atoms with van der Waals surface area (Å²) in [7, 11) is 0. The molecule has 0 N–H and O–H groups in total. The fraction of sp³-hybridized carbons (Fsp3) is 0.250. The van der Waals surface area contributed by atoms with Crippen LogP contribution in [0.5, 0.6) is 0 Å². The van der Waals surface area contributed by atoms with Gasteiger partial charge in [-0.15, -0.1) is 11.8 Å². The van der Waals surface area contributed by atoms with Crippen LogP contribution in [0.15, 0.2) is 47.7 Å². The quantitative estimate of drug-likeness (QED) is 0.515. The van der Waals surface area contributed by atoms with Crippen molar-refractivity contribution in [3.8, 4) is 0 Å².